The molecule has 1 nitrogen and oxygen atoms in total. The Morgan fingerprint density at radius 1 is 1.12 bits per heavy atom. The van der Waals surface area contributed by atoms with Gasteiger partial charge in [0.2, 0.25) is 0 Å². The Bertz CT molecular complexity index is 366. The van der Waals surface area contributed by atoms with Crippen LogP contribution in [0.4, 0.5) is 0 Å². The number of hydrogen-bond donors (Lipinski definition) is 1. The van der Waals surface area contributed by atoms with E-state index < -0.39 is 0 Å². The zero-order chi connectivity index (χ0) is 11.1. The van der Waals surface area contributed by atoms with Gasteiger partial charge in [0.25, 0.3) is 0 Å². The average Bonchev–Trinajstić information content (AvgIpc) is 2.61. The lowest BCUT2D eigenvalue weighted by Crippen LogP contribution is -2.33. The summed E-state index contributed by atoms with van der Waals surface area (Å²) in [5, 5.41) is 3.51. The number of fused-ring (bicyclic) bond motifs is 1. The quantitative estimate of drug-likeness (QED) is 0.799. The van der Waals surface area contributed by atoms with Crippen molar-refractivity contribution in [3.8, 4) is 0 Å². The predicted octanol–water partition coefficient (Wildman–Crippen LogP) is 3.13. The van der Waals surface area contributed by atoms with Gasteiger partial charge in [-0.1, -0.05) is 38.1 Å². The van der Waals surface area contributed by atoms with Gasteiger partial charge in [-0.3, -0.25) is 0 Å². The maximum absolute atomic E-state index is 3.51. The van der Waals surface area contributed by atoms with Crippen molar-refractivity contribution in [2.75, 3.05) is 13.1 Å². The van der Waals surface area contributed by atoms with Gasteiger partial charge in [0.1, 0.15) is 0 Å². The van der Waals surface area contributed by atoms with Gasteiger partial charge in [-0.25, -0.2) is 0 Å². The highest BCUT2D eigenvalue weighted by Gasteiger charge is 2.44. The molecule has 1 saturated carbocycles. The van der Waals surface area contributed by atoms with Crippen LogP contribution < -0.4 is 5.32 Å². The summed E-state index contributed by atoms with van der Waals surface area (Å²) in [6.07, 6.45) is 1.40. The Morgan fingerprint density at radius 3 is 2.50 bits per heavy atom. The van der Waals surface area contributed by atoms with Gasteiger partial charge in [0.15, 0.2) is 0 Å². The fraction of sp³-hybridized carbons (Fsp3) is 0.600. The Labute approximate surface area is 98.3 Å². The summed E-state index contributed by atoms with van der Waals surface area (Å²) in [6.45, 7) is 7.01. The fourth-order valence-corrected chi connectivity index (χ4v) is 3.30. The molecule has 2 fully saturated rings. The van der Waals surface area contributed by atoms with Gasteiger partial charge >= 0.3 is 0 Å². The molecule has 1 N–H and O–H groups in total. The molecule has 0 bridgehead atoms. The molecule has 1 aromatic rings. The van der Waals surface area contributed by atoms with Crippen molar-refractivity contribution in [1.82, 2.24) is 5.32 Å². The molecule has 1 heteroatoms. The summed E-state index contributed by atoms with van der Waals surface area (Å²) < 4.78 is 0. The van der Waals surface area contributed by atoms with Crippen LogP contribution in [0.25, 0.3) is 0 Å². The molecule has 3 rings (SSSR count). The third-order valence-corrected chi connectivity index (χ3v) is 4.50. The topological polar surface area (TPSA) is 12.0 Å². The molecule has 0 spiro atoms. The lowest BCUT2D eigenvalue weighted by Gasteiger charge is -2.40. The molecule has 86 valence electrons. The summed E-state index contributed by atoms with van der Waals surface area (Å²) in [7, 11) is 0. The summed E-state index contributed by atoms with van der Waals surface area (Å²) in [5.41, 5.74) is 3.03. The lowest BCUT2D eigenvalue weighted by molar-refractivity contribution is 0.191. The van der Waals surface area contributed by atoms with Crippen LogP contribution in [0, 0.1) is 11.8 Å². The highest BCUT2D eigenvalue weighted by molar-refractivity contribution is 5.30. The second-order valence-electron chi connectivity index (χ2n) is 5.75. The number of benzene rings is 1. The number of nitrogens with one attached hydrogen (secondary N) is 1. The monoisotopic (exact) mass is 215 g/mol. The van der Waals surface area contributed by atoms with Crippen LogP contribution >= 0.6 is 0 Å². The van der Waals surface area contributed by atoms with E-state index in [0.29, 0.717) is 5.92 Å². The van der Waals surface area contributed by atoms with Crippen molar-refractivity contribution < 1.29 is 0 Å². The Kier molecular flexibility index (Phi) is 2.51. The van der Waals surface area contributed by atoms with E-state index in [2.05, 4.69) is 43.4 Å². The fourth-order valence-electron chi connectivity index (χ4n) is 3.30. The summed E-state index contributed by atoms with van der Waals surface area (Å²) >= 11 is 0. The Hall–Kier alpha value is -0.820. The van der Waals surface area contributed by atoms with Crippen molar-refractivity contribution in [1.29, 1.82) is 0 Å². The van der Waals surface area contributed by atoms with Crippen molar-refractivity contribution in [2.24, 2.45) is 11.8 Å². The molecule has 1 aliphatic carbocycles. The van der Waals surface area contributed by atoms with Crippen LogP contribution in [-0.2, 0) is 0 Å². The van der Waals surface area contributed by atoms with Gasteiger partial charge in [-0.05, 0) is 54.3 Å². The number of rotatable bonds is 2. The van der Waals surface area contributed by atoms with Gasteiger partial charge < -0.3 is 5.32 Å². The van der Waals surface area contributed by atoms with Crippen molar-refractivity contribution in [2.45, 2.75) is 32.1 Å². The summed E-state index contributed by atoms with van der Waals surface area (Å²) in [6, 6.07) is 9.34. The molecular weight excluding hydrogens is 194 g/mol. The molecule has 16 heavy (non-hydrogen) atoms. The lowest BCUT2D eigenvalue weighted by atomic mass is 9.64. The molecule has 0 aromatic heterocycles. The zero-order valence-corrected chi connectivity index (χ0v) is 10.2. The van der Waals surface area contributed by atoms with Crippen LogP contribution in [0.2, 0.25) is 0 Å². The first-order valence-corrected chi connectivity index (χ1v) is 6.56. The van der Waals surface area contributed by atoms with E-state index in [-0.39, 0.29) is 0 Å². The normalized spacial score (nSPS) is 32.6. The van der Waals surface area contributed by atoms with E-state index in [1.54, 1.807) is 5.56 Å². The van der Waals surface area contributed by atoms with E-state index in [4.69, 9.17) is 0 Å². The summed E-state index contributed by atoms with van der Waals surface area (Å²) in [4.78, 5) is 0. The molecule has 1 heterocycles. The minimum absolute atomic E-state index is 0.649. The molecule has 3 atom stereocenters. The standard InChI is InChI=1S/C15H21N/c1-10(2)11-3-5-12(6-4-11)14-7-13-8-16-9-15(13)14/h3-6,10,13-16H,7-9H2,1-2H3/t13-,14-,15-/m0/s1. The van der Waals surface area contributed by atoms with Gasteiger partial charge in [0, 0.05) is 0 Å². The molecule has 1 aromatic carbocycles. The molecule has 0 unspecified atom stereocenters. The molecular formula is C15H21N. The smallest absolute Gasteiger partial charge is 0.00114 e. The second kappa shape index (κ2) is 3.89. The van der Waals surface area contributed by atoms with E-state index >= 15 is 0 Å². The molecule has 1 aliphatic heterocycles. The van der Waals surface area contributed by atoms with E-state index in [1.165, 1.54) is 25.1 Å². The Morgan fingerprint density at radius 2 is 1.88 bits per heavy atom. The number of hydrogen-bond acceptors (Lipinski definition) is 1. The van der Waals surface area contributed by atoms with Crippen LogP contribution in [0.3, 0.4) is 0 Å². The van der Waals surface area contributed by atoms with Crippen molar-refractivity contribution in [3.05, 3.63) is 35.4 Å². The average molecular weight is 215 g/mol. The first-order valence-electron chi connectivity index (χ1n) is 6.56. The summed E-state index contributed by atoms with van der Waals surface area (Å²) in [5.74, 6) is 3.37. The van der Waals surface area contributed by atoms with Gasteiger partial charge in [-0.2, -0.15) is 0 Å². The molecule has 2 aliphatic rings. The minimum atomic E-state index is 0.649. The van der Waals surface area contributed by atoms with Crippen LogP contribution in [-0.4, -0.2) is 13.1 Å². The Balaban J connectivity index is 1.75. The zero-order valence-electron chi connectivity index (χ0n) is 10.2. The highest BCUT2D eigenvalue weighted by atomic mass is 14.9. The van der Waals surface area contributed by atoms with Crippen LogP contribution in [0.5, 0.6) is 0 Å². The van der Waals surface area contributed by atoms with E-state index in [1.807, 2.05) is 0 Å². The molecule has 0 radical (unpaired) electrons. The van der Waals surface area contributed by atoms with Crippen molar-refractivity contribution >= 4 is 0 Å². The molecule has 0 amide bonds. The highest BCUT2D eigenvalue weighted by Crippen LogP contribution is 2.48. The van der Waals surface area contributed by atoms with E-state index in [9.17, 15) is 0 Å². The third kappa shape index (κ3) is 1.58. The second-order valence-corrected chi connectivity index (χ2v) is 5.75. The first-order chi connectivity index (χ1) is 7.75. The maximum Gasteiger partial charge on any atom is -0.00114 e. The maximum atomic E-state index is 3.51. The van der Waals surface area contributed by atoms with Gasteiger partial charge in [-0.15, -0.1) is 0 Å². The van der Waals surface area contributed by atoms with Gasteiger partial charge in [0.05, 0.1) is 0 Å². The minimum Gasteiger partial charge on any atom is -0.316 e. The van der Waals surface area contributed by atoms with E-state index in [0.717, 1.165) is 17.8 Å². The first kappa shape index (κ1) is 10.3. The SMILES string of the molecule is CC(C)c1ccc([C@@H]2C[C@H]3CNC[C@@H]32)cc1. The van der Waals surface area contributed by atoms with Crippen LogP contribution in [0.15, 0.2) is 24.3 Å². The third-order valence-electron chi connectivity index (χ3n) is 4.50. The van der Waals surface area contributed by atoms with Crippen LogP contribution in [0.1, 0.15) is 43.2 Å². The predicted molar refractivity (Wildman–Crippen MR) is 67.7 cm³/mol. The largest absolute Gasteiger partial charge is 0.316 e. The molecule has 1 saturated heterocycles. The van der Waals surface area contributed by atoms with Crippen molar-refractivity contribution in [3.63, 3.8) is 0 Å².